The van der Waals surface area contributed by atoms with Crippen molar-refractivity contribution in [3.8, 4) is 11.1 Å². The molecule has 0 saturated heterocycles. The minimum absolute atomic E-state index is 0.126. The van der Waals surface area contributed by atoms with Gasteiger partial charge in [-0.2, -0.15) is 26.3 Å². The normalized spacial score (nSPS) is 18.4. The Kier molecular flexibility index (Phi) is 4.70. The Labute approximate surface area is 164 Å². The summed E-state index contributed by atoms with van der Waals surface area (Å²) in [6.45, 7) is 0. The zero-order chi connectivity index (χ0) is 20.4. The molecule has 2 aromatic carbocycles. The highest BCUT2D eigenvalue weighted by atomic mass is 79.9. The van der Waals surface area contributed by atoms with Gasteiger partial charge >= 0.3 is 12.4 Å². The molecule has 0 saturated carbocycles. The highest BCUT2D eigenvalue weighted by Crippen LogP contribution is 2.58. The van der Waals surface area contributed by atoms with E-state index >= 15 is 0 Å². The molecule has 2 aromatic rings. The van der Waals surface area contributed by atoms with Gasteiger partial charge in [-0.25, -0.2) is 8.78 Å². The first-order chi connectivity index (χ1) is 12.2. The number of benzene rings is 2. The molecular weight excluding hydrogens is 516 g/mol. The van der Waals surface area contributed by atoms with Crippen LogP contribution in [0.15, 0.2) is 36.4 Å². The molecule has 0 heterocycles. The van der Waals surface area contributed by atoms with Crippen molar-refractivity contribution in [2.24, 2.45) is 0 Å². The van der Waals surface area contributed by atoms with E-state index in [9.17, 15) is 35.1 Å². The first-order valence-corrected chi connectivity index (χ1v) is 8.92. The number of alkyl halides is 10. The monoisotopic (exact) mass is 522 g/mol. The van der Waals surface area contributed by atoms with Gasteiger partial charge < -0.3 is 0 Å². The minimum Gasteiger partial charge on any atom is -0.216 e. The van der Waals surface area contributed by atoms with Gasteiger partial charge in [0.15, 0.2) is 0 Å². The van der Waals surface area contributed by atoms with Gasteiger partial charge in [-0.15, -0.1) is 0 Å². The Bertz CT molecular complexity index is 897. The number of hydrogen-bond donors (Lipinski definition) is 0. The van der Waals surface area contributed by atoms with E-state index < -0.39 is 32.6 Å². The molecule has 0 aliphatic heterocycles. The van der Waals surface area contributed by atoms with Crippen LogP contribution in [0.5, 0.6) is 0 Å². The average Bonchev–Trinajstić information content (AvgIpc) is 2.90. The fraction of sp³-hybridized carbons (Fsp3) is 0.294. The standard InChI is InChI=1S/C17H8Br2F8/c18-14(20,16(22,23)24)12-6-5-10-9-4-2-1-3-8(9)7-11(10)13(12)15(19,21)17(25,26)27/h1-6H,7H2. The van der Waals surface area contributed by atoms with Crippen LogP contribution in [-0.2, 0) is 15.6 Å². The van der Waals surface area contributed by atoms with Crippen LogP contribution in [0.3, 0.4) is 0 Å². The maximum Gasteiger partial charge on any atom is 0.437 e. The Hall–Kier alpha value is -1.16. The Morgan fingerprint density at radius 3 is 1.78 bits per heavy atom. The van der Waals surface area contributed by atoms with Gasteiger partial charge in [0.1, 0.15) is 0 Å². The fourth-order valence-corrected chi connectivity index (χ4v) is 3.91. The van der Waals surface area contributed by atoms with Crippen LogP contribution >= 0.6 is 31.9 Å². The SMILES string of the molecule is FC(F)(F)C(F)(Br)c1ccc2c(c1C(F)(Br)C(F)(F)F)Cc1ccccc1-2. The fourth-order valence-electron chi connectivity index (χ4n) is 3.13. The van der Waals surface area contributed by atoms with E-state index in [2.05, 4.69) is 0 Å². The van der Waals surface area contributed by atoms with E-state index in [1.54, 1.807) is 24.3 Å². The van der Waals surface area contributed by atoms with Gasteiger partial charge in [0.25, 0.3) is 9.16 Å². The molecule has 146 valence electrons. The van der Waals surface area contributed by atoms with E-state index in [1.807, 2.05) is 31.9 Å². The summed E-state index contributed by atoms with van der Waals surface area (Å²) in [5.74, 6) is 0. The molecule has 10 heteroatoms. The Morgan fingerprint density at radius 2 is 1.22 bits per heavy atom. The molecular formula is C17H8Br2F8. The van der Waals surface area contributed by atoms with Crippen molar-refractivity contribution in [1.29, 1.82) is 0 Å². The third-order valence-corrected chi connectivity index (χ3v) is 6.07. The van der Waals surface area contributed by atoms with E-state index in [0.717, 1.165) is 6.07 Å². The molecule has 0 spiro atoms. The number of fused-ring (bicyclic) bond motifs is 3. The summed E-state index contributed by atoms with van der Waals surface area (Å²) in [5.41, 5.74) is -2.19. The van der Waals surface area contributed by atoms with E-state index in [4.69, 9.17) is 0 Å². The number of halogens is 10. The van der Waals surface area contributed by atoms with Gasteiger partial charge in [-0.05, 0) is 60.5 Å². The van der Waals surface area contributed by atoms with Crippen molar-refractivity contribution in [2.75, 3.05) is 0 Å². The van der Waals surface area contributed by atoms with Crippen LogP contribution < -0.4 is 0 Å². The summed E-state index contributed by atoms with van der Waals surface area (Å²) in [4.78, 5) is 0. The van der Waals surface area contributed by atoms with E-state index in [-0.39, 0.29) is 17.5 Å². The molecule has 2 unspecified atom stereocenters. The summed E-state index contributed by atoms with van der Waals surface area (Å²) in [6, 6.07) is 7.88. The molecule has 0 fully saturated rings. The van der Waals surface area contributed by atoms with Crippen LogP contribution in [-0.4, -0.2) is 12.4 Å². The second kappa shape index (κ2) is 6.17. The van der Waals surface area contributed by atoms with Crippen molar-refractivity contribution in [1.82, 2.24) is 0 Å². The van der Waals surface area contributed by atoms with Crippen LogP contribution in [0.2, 0.25) is 0 Å². The van der Waals surface area contributed by atoms with Gasteiger partial charge in [0.05, 0.1) is 0 Å². The molecule has 27 heavy (non-hydrogen) atoms. The second-order valence-corrected chi connectivity index (χ2v) is 8.18. The van der Waals surface area contributed by atoms with Crippen LogP contribution in [0, 0.1) is 0 Å². The second-order valence-electron chi connectivity index (χ2n) is 5.99. The molecule has 0 N–H and O–H groups in total. The first kappa shape index (κ1) is 20.6. The van der Waals surface area contributed by atoms with Crippen LogP contribution in [0.4, 0.5) is 35.1 Å². The summed E-state index contributed by atoms with van der Waals surface area (Å²) >= 11 is 3.69. The molecule has 0 nitrogen and oxygen atoms in total. The van der Waals surface area contributed by atoms with Crippen molar-refractivity contribution < 1.29 is 35.1 Å². The third-order valence-electron chi connectivity index (χ3n) is 4.35. The molecule has 3 rings (SSSR count). The zero-order valence-electron chi connectivity index (χ0n) is 13.0. The maximum absolute atomic E-state index is 14.8. The van der Waals surface area contributed by atoms with Gasteiger partial charge in [0.2, 0.25) is 0 Å². The van der Waals surface area contributed by atoms with E-state index in [0.29, 0.717) is 17.2 Å². The van der Waals surface area contributed by atoms with Gasteiger partial charge in [-0.3, -0.25) is 0 Å². The van der Waals surface area contributed by atoms with Crippen molar-refractivity contribution in [2.45, 2.75) is 27.9 Å². The molecule has 0 aromatic heterocycles. The maximum atomic E-state index is 14.8. The summed E-state index contributed by atoms with van der Waals surface area (Å²) in [6.07, 6.45) is -11.5. The quantitative estimate of drug-likeness (QED) is 0.242. The molecule has 1 aliphatic rings. The lowest BCUT2D eigenvalue weighted by Gasteiger charge is -2.31. The Balaban J connectivity index is 2.38. The predicted octanol–water partition coefficient (Wildman–Crippen LogP) is 7.42. The molecule has 2 atom stereocenters. The lowest BCUT2D eigenvalue weighted by atomic mass is 9.90. The lowest BCUT2D eigenvalue weighted by molar-refractivity contribution is -0.204. The molecule has 0 bridgehead atoms. The largest absolute Gasteiger partial charge is 0.437 e. The number of rotatable bonds is 2. The summed E-state index contributed by atoms with van der Waals surface area (Å²) in [7, 11) is 0. The first-order valence-electron chi connectivity index (χ1n) is 7.33. The van der Waals surface area contributed by atoms with Crippen molar-refractivity contribution in [3.63, 3.8) is 0 Å². The Morgan fingerprint density at radius 1 is 0.667 bits per heavy atom. The smallest absolute Gasteiger partial charge is 0.216 e. The highest BCUT2D eigenvalue weighted by Gasteiger charge is 2.63. The highest BCUT2D eigenvalue weighted by molar-refractivity contribution is 9.10. The lowest BCUT2D eigenvalue weighted by Crippen LogP contribution is -2.39. The molecule has 1 aliphatic carbocycles. The number of hydrogen-bond acceptors (Lipinski definition) is 0. The van der Waals surface area contributed by atoms with Gasteiger partial charge in [-0.1, -0.05) is 36.4 Å². The van der Waals surface area contributed by atoms with E-state index in [1.165, 1.54) is 0 Å². The summed E-state index contributed by atoms with van der Waals surface area (Å²) in [5, 5.41) is 0. The van der Waals surface area contributed by atoms with Crippen molar-refractivity contribution in [3.05, 3.63) is 58.7 Å². The summed E-state index contributed by atoms with van der Waals surface area (Å²) < 4.78 is 100. The van der Waals surface area contributed by atoms with Gasteiger partial charge in [0, 0.05) is 11.1 Å². The zero-order valence-corrected chi connectivity index (χ0v) is 16.1. The predicted molar refractivity (Wildman–Crippen MR) is 90.2 cm³/mol. The topological polar surface area (TPSA) is 0 Å². The van der Waals surface area contributed by atoms with Crippen molar-refractivity contribution >= 4 is 31.9 Å². The average molecular weight is 524 g/mol. The molecule has 0 radical (unpaired) electrons. The minimum atomic E-state index is -5.62. The van der Waals surface area contributed by atoms with Crippen LogP contribution in [0.1, 0.15) is 22.3 Å². The third kappa shape index (κ3) is 3.08. The van der Waals surface area contributed by atoms with Crippen LogP contribution in [0.25, 0.3) is 11.1 Å². The molecule has 0 amide bonds.